The van der Waals surface area contributed by atoms with Crippen LogP contribution in [-0.2, 0) is 11.3 Å². The summed E-state index contributed by atoms with van der Waals surface area (Å²) in [6.07, 6.45) is 8.45. The largest absolute Gasteiger partial charge is 0.507 e. The lowest BCUT2D eigenvalue weighted by molar-refractivity contribution is -0.122. The van der Waals surface area contributed by atoms with Crippen LogP contribution in [0, 0.1) is 0 Å². The molecular weight excluding hydrogens is 446 g/mol. The summed E-state index contributed by atoms with van der Waals surface area (Å²) < 4.78 is 5.39. The molecule has 3 aromatic rings. The van der Waals surface area contributed by atoms with Gasteiger partial charge in [-0.3, -0.25) is 9.69 Å². The highest BCUT2D eigenvalue weighted by molar-refractivity contribution is 8.18. The first-order valence-corrected chi connectivity index (χ1v) is 10.8. The lowest BCUT2D eigenvalue weighted by Crippen LogP contribution is -2.28. The number of carbonyl (C=O) groups is 1. The Morgan fingerprint density at radius 3 is 2.75 bits per heavy atom. The number of aromatic hydroxyl groups is 1. The molecule has 1 aliphatic rings. The Hall–Kier alpha value is -3.55. The fraction of sp³-hybridized carbons (Fsp3) is 0.0417. The van der Waals surface area contributed by atoms with Gasteiger partial charge < -0.3 is 9.52 Å². The van der Waals surface area contributed by atoms with Crippen molar-refractivity contribution in [1.82, 2.24) is 4.90 Å². The molecule has 2 aromatic carbocycles. The predicted molar refractivity (Wildman–Crippen MR) is 129 cm³/mol. The van der Waals surface area contributed by atoms with Gasteiger partial charge in [0.25, 0.3) is 5.91 Å². The minimum atomic E-state index is -0.191. The number of nitrogens with zero attached hydrogens (tertiary/aromatic N) is 3. The second-order valence-corrected chi connectivity index (χ2v) is 8.15. The zero-order chi connectivity index (χ0) is 22.3. The van der Waals surface area contributed by atoms with Crippen LogP contribution in [0.4, 0.5) is 0 Å². The zero-order valence-electron chi connectivity index (χ0n) is 16.8. The van der Waals surface area contributed by atoms with E-state index in [1.807, 2.05) is 42.5 Å². The highest BCUT2D eigenvalue weighted by Gasteiger charge is 2.33. The zero-order valence-corrected chi connectivity index (χ0v) is 18.3. The quantitative estimate of drug-likeness (QED) is 0.289. The summed E-state index contributed by atoms with van der Waals surface area (Å²) in [5.74, 6) is 0.473. The number of halogens is 1. The fourth-order valence-corrected chi connectivity index (χ4v) is 3.94. The summed E-state index contributed by atoms with van der Waals surface area (Å²) in [5.41, 5.74) is 1.46. The molecule has 0 aliphatic carbocycles. The predicted octanol–water partition coefficient (Wildman–Crippen LogP) is 5.70. The molecule has 4 rings (SSSR count). The Bertz CT molecular complexity index is 1220. The van der Waals surface area contributed by atoms with Gasteiger partial charge >= 0.3 is 0 Å². The van der Waals surface area contributed by atoms with Crippen molar-refractivity contribution in [3.8, 4) is 5.75 Å². The molecule has 0 bridgehead atoms. The van der Waals surface area contributed by atoms with Crippen LogP contribution in [0.15, 0.2) is 98.6 Å². The Morgan fingerprint density at radius 1 is 1.12 bits per heavy atom. The number of amidine groups is 1. The van der Waals surface area contributed by atoms with Crippen molar-refractivity contribution in [2.75, 3.05) is 0 Å². The van der Waals surface area contributed by atoms with Crippen molar-refractivity contribution in [3.05, 3.63) is 106 Å². The van der Waals surface area contributed by atoms with E-state index in [2.05, 4.69) is 10.2 Å². The van der Waals surface area contributed by atoms with Crippen molar-refractivity contribution in [2.24, 2.45) is 10.2 Å². The van der Waals surface area contributed by atoms with Crippen molar-refractivity contribution >= 4 is 46.7 Å². The van der Waals surface area contributed by atoms with Crippen molar-refractivity contribution in [2.45, 2.75) is 6.54 Å². The summed E-state index contributed by atoms with van der Waals surface area (Å²) in [4.78, 5) is 15.0. The number of carbonyl (C=O) groups excluding carboxylic acids is 1. The van der Waals surface area contributed by atoms with Gasteiger partial charge in [0, 0.05) is 10.6 Å². The third kappa shape index (κ3) is 5.38. The number of furan rings is 1. The number of phenolic OH excluding ortho intramolecular Hbond substituents is 1. The SMILES string of the molecule is O=C1/C(=C/C=C/c2ccccc2)S/C(=N/N=C\c2cc(Cl)ccc2O)N1Cc1ccco1. The molecule has 0 radical (unpaired) electrons. The third-order valence-electron chi connectivity index (χ3n) is 4.45. The van der Waals surface area contributed by atoms with Gasteiger partial charge in [0.15, 0.2) is 5.17 Å². The first kappa shape index (κ1) is 21.7. The number of hydrogen-bond donors (Lipinski definition) is 1. The molecule has 160 valence electrons. The standard InChI is InChI=1S/C24H18ClN3O3S/c25-19-11-12-21(29)18(14-19)15-26-27-24-28(16-20-9-5-13-31-20)23(30)22(32-24)10-4-8-17-6-2-1-3-7-17/h1-15,29H,16H2/b8-4+,22-10-,26-15-,27-24+. The maximum Gasteiger partial charge on any atom is 0.267 e. The van der Waals surface area contributed by atoms with Crippen LogP contribution in [0.25, 0.3) is 6.08 Å². The van der Waals surface area contributed by atoms with E-state index >= 15 is 0 Å². The van der Waals surface area contributed by atoms with Gasteiger partial charge in [-0.05, 0) is 53.7 Å². The Labute approximate surface area is 194 Å². The first-order chi connectivity index (χ1) is 15.6. The van der Waals surface area contributed by atoms with E-state index < -0.39 is 0 Å². The van der Waals surface area contributed by atoms with Crippen LogP contribution in [0.3, 0.4) is 0 Å². The van der Waals surface area contributed by atoms with Gasteiger partial charge in [0.1, 0.15) is 11.5 Å². The smallest absolute Gasteiger partial charge is 0.267 e. The molecule has 32 heavy (non-hydrogen) atoms. The number of allylic oxidation sites excluding steroid dienone is 2. The van der Waals surface area contributed by atoms with Crippen LogP contribution in [-0.4, -0.2) is 27.3 Å². The van der Waals surface area contributed by atoms with Crippen LogP contribution in [0.5, 0.6) is 5.75 Å². The number of benzene rings is 2. The van der Waals surface area contributed by atoms with E-state index in [1.165, 1.54) is 28.9 Å². The monoisotopic (exact) mass is 463 g/mol. The minimum absolute atomic E-state index is 0.0348. The van der Waals surface area contributed by atoms with Gasteiger partial charge in [0.05, 0.1) is 23.9 Å². The highest BCUT2D eigenvalue weighted by Crippen LogP contribution is 2.32. The van der Waals surface area contributed by atoms with Crippen LogP contribution >= 0.6 is 23.4 Å². The molecule has 6 nitrogen and oxygen atoms in total. The molecule has 1 fully saturated rings. The maximum absolute atomic E-state index is 13.0. The second-order valence-electron chi connectivity index (χ2n) is 6.70. The van der Waals surface area contributed by atoms with Crippen LogP contribution < -0.4 is 0 Å². The molecule has 0 atom stereocenters. The summed E-state index contributed by atoms with van der Waals surface area (Å²) in [7, 11) is 0. The van der Waals surface area contributed by atoms with E-state index in [4.69, 9.17) is 16.0 Å². The Balaban J connectivity index is 1.58. The lowest BCUT2D eigenvalue weighted by atomic mass is 10.2. The highest BCUT2D eigenvalue weighted by atomic mass is 35.5. The van der Waals surface area contributed by atoms with Gasteiger partial charge in [-0.15, -0.1) is 5.10 Å². The van der Waals surface area contributed by atoms with Crippen LogP contribution in [0.1, 0.15) is 16.9 Å². The van der Waals surface area contributed by atoms with Crippen molar-refractivity contribution < 1.29 is 14.3 Å². The first-order valence-electron chi connectivity index (χ1n) is 9.65. The number of phenols is 1. The topological polar surface area (TPSA) is 78.4 Å². The number of rotatable bonds is 6. The molecule has 1 N–H and O–H groups in total. The summed E-state index contributed by atoms with van der Waals surface area (Å²) in [5, 5.41) is 19.1. The molecule has 2 heterocycles. The van der Waals surface area contributed by atoms with Crippen molar-refractivity contribution in [3.63, 3.8) is 0 Å². The molecule has 1 aliphatic heterocycles. The molecule has 0 saturated carbocycles. The van der Waals surface area contributed by atoms with E-state index in [9.17, 15) is 9.90 Å². The van der Waals surface area contributed by atoms with Gasteiger partial charge in [-0.2, -0.15) is 5.10 Å². The number of amides is 1. The van der Waals surface area contributed by atoms with E-state index in [1.54, 1.807) is 36.6 Å². The number of hydrogen-bond acceptors (Lipinski definition) is 6. The maximum atomic E-state index is 13.0. The molecular formula is C24H18ClN3O3S. The van der Waals surface area contributed by atoms with E-state index in [-0.39, 0.29) is 18.2 Å². The average Bonchev–Trinajstić information content (AvgIpc) is 3.41. The Morgan fingerprint density at radius 2 is 1.97 bits per heavy atom. The molecule has 0 spiro atoms. The minimum Gasteiger partial charge on any atom is -0.507 e. The summed E-state index contributed by atoms with van der Waals surface area (Å²) in [6, 6.07) is 18.0. The molecule has 1 amide bonds. The van der Waals surface area contributed by atoms with Crippen LogP contribution in [0.2, 0.25) is 5.02 Å². The van der Waals surface area contributed by atoms with E-state index in [0.717, 1.165) is 5.56 Å². The normalized spacial score (nSPS) is 16.9. The van der Waals surface area contributed by atoms with Gasteiger partial charge in [-0.25, -0.2) is 0 Å². The molecule has 0 unspecified atom stereocenters. The van der Waals surface area contributed by atoms with Gasteiger partial charge in [0.2, 0.25) is 0 Å². The average molecular weight is 464 g/mol. The van der Waals surface area contributed by atoms with Crippen molar-refractivity contribution in [1.29, 1.82) is 0 Å². The lowest BCUT2D eigenvalue weighted by Gasteiger charge is -2.12. The van der Waals surface area contributed by atoms with Gasteiger partial charge in [-0.1, -0.05) is 54.1 Å². The Kier molecular flexibility index (Phi) is 6.89. The third-order valence-corrected chi connectivity index (χ3v) is 5.70. The molecule has 1 aromatic heterocycles. The molecule has 1 saturated heterocycles. The number of thioether (sulfide) groups is 1. The molecule has 8 heteroatoms. The fourth-order valence-electron chi connectivity index (χ4n) is 2.87. The summed E-state index contributed by atoms with van der Waals surface area (Å²) >= 11 is 7.19. The van der Waals surface area contributed by atoms with E-state index in [0.29, 0.717) is 26.4 Å². The second kappa shape index (κ2) is 10.2. The summed E-state index contributed by atoms with van der Waals surface area (Å²) in [6.45, 7) is 0.231.